The number of aromatic nitrogens is 4. The van der Waals surface area contributed by atoms with Crippen LogP contribution in [0.1, 0.15) is 41.3 Å². The molecule has 0 aliphatic heterocycles. The second kappa shape index (κ2) is 7.87. The summed E-state index contributed by atoms with van der Waals surface area (Å²) < 4.78 is 6.95. The summed E-state index contributed by atoms with van der Waals surface area (Å²) in [7, 11) is 1.63. The van der Waals surface area contributed by atoms with Crippen LogP contribution in [0.4, 0.5) is 0 Å². The van der Waals surface area contributed by atoms with Gasteiger partial charge in [0, 0.05) is 6.04 Å². The van der Waals surface area contributed by atoms with Crippen LogP contribution in [0.25, 0.3) is 16.4 Å². The zero-order chi connectivity index (χ0) is 19.6. The van der Waals surface area contributed by atoms with Crippen molar-refractivity contribution in [2.45, 2.75) is 40.2 Å². The third-order valence-electron chi connectivity index (χ3n) is 4.41. The lowest BCUT2D eigenvalue weighted by atomic mass is 10.2. The highest BCUT2D eigenvalue weighted by molar-refractivity contribution is 7.17. The second-order valence-electron chi connectivity index (χ2n) is 6.35. The lowest BCUT2D eigenvalue weighted by Gasteiger charge is -2.09. The van der Waals surface area contributed by atoms with Gasteiger partial charge in [-0.2, -0.15) is 0 Å². The van der Waals surface area contributed by atoms with E-state index < -0.39 is 0 Å². The molecule has 3 rings (SSSR count). The van der Waals surface area contributed by atoms with Gasteiger partial charge >= 0.3 is 0 Å². The normalized spacial score (nSPS) is 12.0. The molecule has 2 aromatic heterocycles. The molecule has 1 amide bonds. The van der Waals surface area contributed by atoms with Crippen molar-refractivity contribution >= 4 is 17.2 Å². The van der Waals surface area contributed by atoms with Crippen molar-refractivity contribution in [2.24, 2.45) is 0 Å². The molecule has 0 spiro atoms. The molecule has 27 heavy (non-hydrogen) atoms. The van der Waals surface area contributed by atoms with Gasteiger partial charge in [-0.25, -0.2) is 9.67 Å². The number of rotatable bonds is 6. The minimum atomic E-state index is -0.0919. The Balaban J connectivity index is 1.90. The van der Waals surface area contributed by atoms with Gasteiger partial charge in [0.1, 0.15) is 21.3 Å². The van der Waals surface area contributed by atoms with Crippen LogP contribution in [-0.4, -0.2) is 39.0 Å². The van der Waals surface area contributed by atoms with E-state index in [4.69, 9.17) is 4.74 Å². The molecule has 1 unspecified atom stereocenters. The maximum Gasteiger partial charge on any atom is 0.263 e. The first-order valence-electron chi connectivity index (χ1n) is 8.80. The number of hydrogen-bond acceptors (Lipinski definition) is 6. The minimum Gasteiger partial charge on any atom is -0.497 e. The fraction of sp³-hybridized carbons (Fsp3) is 0.368. The van der Waals surface area contributed by atoms with Gasteiger partial charge in [0.15, 0.2) is 0 Å². The van der Waals surface area contributed by atoms with Crippen molar-refractivity contribution in [3.63, 3.8) is 0 Å². The predicted molar refractivity (Wildman–Crippen MR) is 106 cm³/mol. The van der Waals surface area contributed by atoms with Crippen LogP contribution in [0.3, 0.4) is 0 Å². The highest BCUT2D eigenvalue weighted by Gasteiger charge is 2.21. The van der Waals surface area contributed by atoms with Gasteiger partial charge in [0.2, 0.25) is 0 Å². The number of carbonyl (C=O) groups excluding carboxylic acids is 1. The van der Waals surface area contributed by atoms with Crippen molar-refractivity contribution < 1.29 is 9.53 Å². The molecule has 0 bridgehead atoms. The summed E-state index contributed by atoms with van der Waals surface area (Å²) in [5, 5.41) is 12.2. The topological polar surface area (TPSA) is 81.9 Å². The Morgan fingerprint density at radius 2 is 2.00 bits per heavy atom. The van der Waals surface area contributed by atoms with Crippen molar-refractivity contribution in [1.82, 2.24) is 25.3 Å². The van der Waals surface area contributed by atoms with E-state index in [1.54, 1.807) is 11.8 Å². The first kappa shape index (κ1) is 19.0. The Morgan fingerprint density at radius 1 is 1.30 bits per heavy atom. The third-order valence-corrected chi connectivity index (χ3v) is 5.57. The molecule has 0 aliphatic carbocycles. The molecule has 0 saturated heterocycles. The lowest BCUT2D eigenvalue weighted by Crippen LogP contribution is -2.31. The third kappa shape index (κ3) is 3.85. The molecule has 0 aliphatic rings. The standard InChI is InChI=1S/C19H23N5O2S/c1-6-11(2)20-18(25)17-12(3)21-19(27-17)16-13(4)24(23-22-16)14-7-9-15(26-5)10-8-14/h7-11H,6H2,1-5H3,(H,20,25). The molecular formula is C19H23N5O2S. The van der Waals surface area contributed by atoms with Crippen molar-refractivity contribution in [3.05, 3.63) is 40.5 Å². The molecule has 1 N–H and O–H groups in total. The number of hydrogen-bond donors (Lipinski definition) is 1. The number of benzene rings is 1. The number of carbonyl (C=O) groups is 1. The van der Waals surface area contributed by atoms with Gasteiger partial charge < -0.3 is 10.1 Å². The minimum absolute atomic E-state index is 0.0919. The molecule has 1 atom stereocenters. The highest BCUT2D eigenvalue weighted by atomic mass is 32.1. The fourth-order valence-corrected chi connectivity index (χ4v) is 3.60. The van der Waals surface area contributed by atoms with Crippen molar-refractivity contribution in [1.29, 1.82) is 0 Å². The van der Waals surface area contributed by atoms with E-state index in [0.717, 1.165) is 23.6 Å². The monoisotopic (exact) mass is 385 g/mol. The number of nitrogens with zero attached hydrogens (tertiary/aromatic N) is 4. The molecular weight excluding hydrogens is 362 g/mol. The summed E-state index contributed by atoms with van der Waals surface area (Å²) >= 11 is 1.34. The maximum atomic E-state index is 12.5. The van der Waals surface area contributed by atoms with Gasteiger partial charge in [-0.15, -0.1) is 16.4 Å². The van der Waals surface area contributed by atoms with E-state index in [1.807, 2.05) is 52.0 Å². The Kier molecular flexibility index (Phi) is 5.55. The molecule has 142 valence electrons. The average molecular weight is 385 g/mol. The van der Waals surface area contributed by atoms with E-state index in [9.17, 15) is 4.79 Å². The number of methoxy groups -OCH3 is 1. The van der Waals surface area contributed by atoms with E-state index >= 15 is 0 Å². The summed E-state index contributed by atoms with van der Waals surface area (Å²) in [6, 6.07) is 7.72. The molecule has 8 heteroatoms. The van der Waals surface area contributed by atoms with Gasteiger partial charge in [0.05, 0.1) is 24.2 Å². The number of amides is 1. The van der Waals surface area contributed by atoms with Crippen LogP contribution in [-0.2, 0) is 0 Å². The summed E-state index contributed by atoms with van der Waals surface area (Å²) in [6.07, 6.45) is 0.881. The SMILES string of the molecule is CCC(C)NC(=O)c1sc(-c2nnn(-c3ccc(OC)cc3)c2C)nc1C. The Bertz CT molecular complexity index is 946. The van der Waals surface area contributed by atoms with Crippen LogP contribution < -0.4 is 10.1 Å². The highest BCUT2D eigenvalue weighted by Crippen LogP contribution is 2.29. The van der Waals surface area contributed by atoms with Gasteiger partial charge in [-0.05, 0) is 51.5 Å². The molecule has 1 aromatic carbocycles. The van der Waals surface area contributed by atoms with Crippen LogP contribution >= 0.6 is 11.3 Å². The quantitative estimate of drug-likeness (QED) is 0.702. The van der Waals surface area contributed by atoms with Gasteiger partial charge in [-0.1, -0.05) is 12.1 Å². The van der Waals surface area contributed by atoms with E-state index in [0.29, 0.717) is 21.3 Å². The zero-order valence-electron chi connectivity index (χ0n) is 16.1. The van der Waals surface area contributed by atoms with E-state index in [-0.39, 0.29) is 11.9 Å². The van der Waals surface area contributed by atoms with Gasteiger partial charge in [-0.3, -0.25) is 4.79 Å². The first-order chi connectivity index (χ1) is 12.9. The maximum absolute atomic E-state index is 12.5. The van der Waals surface area contributed by atoms with Crippen molar-refractivity contribution in [2.75, 3.05) is 7.11 Å². The number of aryl methyl sites for hydroxylation is 1. The van der Waals surface area contributed by atoms with E-state index in [1.165, 1.54) is 11.3 Å². The largest absolute Gasteiger partial charge is 0.497 e. The molecule has 0 fully saturated rings. The van der Waals surface area contributed by atoms with E-state index in [2.05, 4.69) is 20.6 Å². The number of nitrogens with one attached hydrogen (secondary N) is 1. The Labute approximate surface area is 162 Å². The number of thiazole rings is 1. The summed E-state index contributed by atoms with van der Waals surface area (Å²) in [5.41, 5.74) is 3.13. The number of ether oxygens (including phenoxy) is 1. The van der Waals surface area contributed by atoms with Crippen molar-refractivity contribution in [3.8, 4) is 22.1 Å². The first-order valence-corrected chi connectivity index (χ1v) is 9.61. The summed E-state index contributed by atoms with van der Waals surface area (Å²) in [6.45, 7) is 7.81. The van der Waals surface area contributed by atoms with Gasteiger partial charge in [0.25, 0.3) is 5.91 Å². The molecule has 2 heterocycles. The zero-order valence-corrected chi connectivity index (χ0v) is 16.9. The molecule has 3 aromatic rings. The molecule has 0 saturated carbocycles. The second-order valence-corrected chi connectivity index (χ2v) is 7.35. The summed E-state index contributed by atoms with van der Waals surface area (Å²) in [5.74, 6) is 0.690. The van der Waals surface area contributed by atoms with Crippen LogP contribution in [0.2, 0.25) is 0 Å². The lowest BCUT2D eigenvalue weighted by molar-refractivity contribution is 0.0942. The molecule has 0 radical (unpaired) electrons. The smallest absolute Gasteiger partial charge is 0.263 e. The fourth-order valence-electron chi connectivity index (χ4n) is 2.60. The summed E-state index contributed by atoms with van der Waals surface area (Å²) in [4.78, 5) is 17.6. The van der Waals surface area contributed by atoms with Crippen LogP contribution in [0, 0.1) is 13.8 Å². The average Bonchev–Trinajstić information content (AvgIpc) is 3.24. The Morgan fingerprint density at radius 3 is 2.63 bits per heavy atom. The molecule has 7 nitrogen and oxygen atoms in total. The van der Waals surface area contributed by atoms with Crippen LogP contribution in [0.15, 0.2) is 24.3 Å². The predicted octanol–water partition coefficient (Wildman–Crippen LogP) is 3.54. The Hall–Kier alpha value is -2.74. The van der Waals surface area contributed by atoms with Crippen LogP contribution in [0.5, 0.6) is 5.75 Å².